The fourth-order valence-electron chi connectivity index (χ4n) is 3.32. The number of imidazole rings is 1. The molecule has 0 fully saturated rings. The van der Waals surface area contributed by atoms with Crippen LogP contribution in [0.15, 0.2) is 36.8 Å². The van der Waals surface area contributed by atoms with Crippen LogP contribution in [0.2, 0.25) is 0 Å². The number of aromatic amines is 1. The number of H-pyrrole nitrogens is 1. The Morgan fingerprint density at radius 2 is 2.14 bits per heavy atom. The highest BCUT2D eigenvalue weighted by Crippen LogP contribution is 2.23. The molecule has 0 aliphatic carbocycles. The minimum absolute atomic E-state index is 0.0376. The van der Waals surface area contributed by atoms with Crippen molar-refractivity contribution in [2.75, 3.05) is 0 Å². The predicted molar refractivity (Wildman–Crippen MR) is 105 cm³/mol. The molecule has 3 N–H and O–H groups in total. The van der Waals surface area contributed by atoms with Crippen molar-refractivity contribution in [1.29, 1.82) is 0 Å². The zero-order valence-corrected chi connectivity index (χ0v) is 16.0. The first-order valence-electron chi connectivity index (χ1n) is 9.17. The number of aryl methyl sites for hydroxylation is 1. The minimum Gasteiger partial charge on any atom is -0.477 e. The van der Waals surface area contributed by atoms with Gasteiger partial charge in [-0.25, -0.2) is 19.3 Å². The number of nitrogens with one attached hydrogen (secondary N) is 2. The summed E-state index contributed by atoms with van der Waals surface area (Å²) < 4.78 is 1.49. The average Bonchev–Trinajstić information content (AvgIpc) is 3.24. The topological polar surface area (TPSA) is 108 Å². The van der Waals surface area contributed by atoms with E-state index in [1.54, 1.807) is 12.4 Å². The van der Waals surface area contributed by atoms with E-state index >= 15 is 0 Å². The van der Waals surface area contributed by atoms with E-state index in [-0.39, 0.29) is 11.6 Å². The number of hydrogen-bond donors (Lipinski definition) is 3. The van der Waals surface area contributed by atoms with Gasteiger partial charge in [0, 0.05) is 24.5 Å². The molecule has 0 aliphatic heterocycles. The summed E-state index contributed by atoms with van der Waals surface area (Å²) in [6.07, 6.45) is 4.78. The van der Waals surface area contributed by atoms with Crippen molar-refractivity contribution in [3.8, 4) is 0 Å². The summed E-state index contributed by atoms with van der Waals surface area (Å²) in [5.41, 5.74) is 4.51. The van der Waals surface area contributed by atoms with Gasteiger partial charge in [0.05, 0.1) is 23.3 Å². The van der Waals surface area contributed by atoms with Crippen LogP contribution in [0.3, 0.4) is 0 Å². The molecule has 3 heterocycles. The largest absolute Gasteiger partial charge is 0.477 e. The number of fused-ring (bicyclic) bond motifs is 2. The van der Waals surface area contributed by atoms with Crippen LogP contribution in [0.1, 0.15) is 47.2 Å². The Labute approximate surface area is 161 Å². The second-order valence-corrected chi connectivity index (χ2v) is 7.34. The summed E-state index contributed by atoms with van der Waals surface area (Å²) >= 11 is 0. The number of carbonyl (C=O) groups is 1. The molecule has 0 spiro atoms. The molecule has 3 aromatic heterocycles. The van der Waals surface area contributed by atoms with Crippen LogP contribution >= 0.6 is 0 Å². The third-order valence-electron chi connectivity index (χ3n) is 4.78. The fourth-order valence-corrected chi connectivity index (χ4v) is 3.32. The molecule has 28 heavy (non-hydrogen) atoms. The van der Waals surface area contributed by atoms with Gasteiger partial charge in [-0.3, -0.25) is 0 Å². The lowest BCUT2D eigenvalue weighted by Crippen LogP contribution is -2.26. The van der Waals surface area contributed by atoms with Crippen LogP contribution in [-0.4, -0.2) is 35.6 Å². The van der Waals surface area contributed by atoms with Crippen LogP contribution in [0.5, 0.6) is 0 Å². The number of carboxylic acid groups (broad SMARTS) is 1. The smallest absolute Gasteiger partial charge is 0.341 e. The van der Waals surface area contributed by atoms with Gasteiger partial charge in [0.25, 0.3) is 0 Å². The molecule has 0 amide bonds. The molecule has 0 radical (unpaired) electrons. The monoisotopic (exact) mass is 378 g/mol. The molecule has 8 nitrogen and oxygen atoms in total. The third-order valence-corrected chi connectivity index (χ3v) is 4.78. The van der Waals surface area contributed by atoms with E-state index in [0.29, 0.717) is 18.1 Å². The van der Waals surface area contributed by atoms with Crippen molar-refractivity contribution in [2.45, 2.75) is 33.4 Å². The van der Waals surface area contributed by atoms with Gasteiger partial charge >= 0.3 is 5.97 Å². The Kier molecular flexibility index (Phi) is 4.56. The average molecular weight is 378 g/mol. The normalized spacial score (nSPS) is 12.9. The van der Waals surface area contributed by atoms with Crippen molar-refractivity contribution in [2.24, 2.45) is 5.92 Å². The molecule has 4 rings (SSSR count). The van der Waals surface area contributed by atoms with Crippen molar-refractivity contribution >= 4 is 22.6 Å². The first-order chi connectivity index (χ1) is 13.4. The predicted octanol–water partition coefficient (Wildman–Crippen LogP) is 3.10. The van der Waals surface area contributed by atoms with Crippen molar-refractivity contribution < 1.29 is 9.90 Å². The molecule has 0 bridgehead atoms. The van der Waals surface area contributed by atoms with E-state index in [1.165, 1.54) is 16.3 Å². The van der Waals surface area contributed by atoms with E-state index < -0.39 is 5.97 Å². The fraction of sp³-hybridized carbons (Fsp3) is 0.300. The van der Waals surface area contributed by atoms with Crippen molar-refractivity contribution in [1.82, 2.24) is 29.9 Å². The van der Waals surface area contributed by atoms with Gasteiger partial charge in [0.15, 0.2) is 5.65 Å². The van der Waals surface area contributed by atoms with E-state index in [4.69, 9.17) is 10.1 Å². The molecule has 4 aromatic rings. The molecule has 1 atom stereocenters. The summed E-state index contributed by atoms with van der Waals surface area (Å²) in [5.74, 6) is 0.187. The van der Waals surface area contributed by atoms with Crippen LogP contribution in [0, 0.1) is 12.8 Å². The van der Waals surface area contributed by atoms with Crippen LogP contribution < -0.4 is 5.32 Å². The lowest BCUT2D eigenvalue weighted by molar-refractivity contribution is 0.0698. The van der Waals surface area contributed by atoms with Gasteiger partial charge in [0.2, 0.25) is 0 Å². The highest BCUT2D eigenvalue weighted by Gasteiger charge is 2.20. The van der Waals surface area contributed by atoms with Crippen molar-refractivity contribution in [3.63, 3.8) is 0 Å². The quantitative estimate of drug-likeness (QED) is 0.476. The second-order valence-electron chi connectivity index (χ2n) is 7.34. The number of hydrogen-bond acceptors (Lipinski definition) is 5. The Balaban J connectivity index is 1.56. The number of nitrogens with zero attached hydrogens (tertiary/aromatic N) is 4. The van der Waals surface area contributed by atoms with E-state index in [1.807, 2.05) is 6.07 Å². The Hall–Kier alpha value is -3.26. The van der Waals surface area contributed by atoms with Gasteiger partial charge in [-0.1, -0.05) is 19.9 Å². The number of carboxylic acids is 1. The van der Waals surface area contributed by atoms with Gasteiger partial charge in [-0.2, -0.15) is 5.10 Å². The molecule has 144 valence electrons. The first kappa shape index (κ1) is 18.1. The first-order valence-corrected chi connectivity index (χ1v) is 9.17. The Bertz CT molecular complexity index is 1160. The molecule has 1 unspecified atom stereocenters. The lowest BCUT2D eigenvalue weighted by Gasteiger charge is -2.20. The standard InChI is InChI=1S/C20H22N6O2/c1-11(2)17(18-24-15-5-4-12(3)6-16(15)25-18)21-7-13-8-22-19-14(20(27)28)9-23-26(19)10-13/h4-6,8-11,17,21H,7H2,1-3H3,(H,24,25)(H,27,28). The third kappa shape index (κ3) is 3.34. The van der Waals surface area contributed by atoms with E-state index in [9.17, 15) is 4.79 Å². The molecule has 0 saturated heterocycles. The zero-order chi connectivity index (χ0) is 19.8. The summed E-state index contributed by atoms with van der Waals surface area (Å²) in [4.78, 5) is 23.6. The molecule has 8 heteroatoms. The maximum atomic E-state index is 11.2. The van der Waals surface area contributed by atoms with Crippen LogP contribution in [0.25, 0.3) is 16.7 Å². The highest BCUT2D eigenvalue weighted by atomic mass is 16.4. The summed E-state index contributed by atoms with van der Waals surface area (Å²) in [6.45, 7) is 6.91. The van der Waals surface area contributed by atoms with Gasteiger partial charge in [0.1, 0.15) is 11.4 Å². The molecule has 1 aromatic carbocycles. The number of aromatic nitrogens is 5. The second kappa shape index (κ2) is 7.05. The molecule has 0 saturated carbocycles. The minimum atomic E-state index is -1.03. The summed E-state index contributed by atoms with van der Waals surface area (Å²) in [5, 5.41) is 16.8. The van der Waals surface area contributed by atoms with Crippen molar-refractivity contribution in [3.05, 3.63) is 59.3 Å². The Morgan fingerprint density at radius 3 is 2.89 bits per heavy atom. The number of rotatable bonds is 6. The van der Waals surface area contributed by atoms with Crippen LogP contribution in [0.4, 0.5) is 0 Å². The van der Waals surface area contributed by atoms with Gasteiger partial charge in [-0.05, 0) is 30.5 Å². The maximum Gasteiger partial charge on any atom is 0.341 e. The maximum absolute atomic E-state index is 11.2. The van der Waals surface area contributed by atoms with Gasteiger partial charge < -0.3 is 15.4 Å². The Morgan fingerprint density at radius 1 is 1.32 bits per heavy atom. The SMILES string of the molecule is Cc1ccc2nc(C(NCc3cnc4c(C(=O)O)cnn4c3)C(C)C)[nH]c2c1. The number of aromatic carboxylic acids is 1. The van der Waals surface area contributed by atoms with Gasteiger partial charge in [-0.15, -0.1) is 0 Å². The number of benzene rings is 1. The summed E-state index contributed by atoms with van der Waals surface area (Å²) in [6, 6.07) is 6.22. The van der Waals surface area contributed by atoms with E-state index in [0.717, 1.165) is 22.4 Å². The highest BCUT2D eigenvalue weighted by molar-refractivity contribution is 5.94. The summed E-state index contributed by atoms with van der Waals surface area (Å²) in [7, 11) is 0. The lowest BCUT2D eigenvalue weighted by atomic mass is 10.0. The molecular weight excluding hydrogens is 356 g/mol. The molecular formula is C20H22N6O2. The zero-order valence-electron chi connectivity index (χ0n) is 16.0. The van der Waals surface area contributed by atoms with Crippen LogP contribution in [-0.2, 0) is 6.54 Å². The molecule has 0 aliphatic rings. The van der Waals surface area contributed by atoms with E-state index in [2.05, 4.69) is 53.3 Å².